The number of hydrogen-bond acceptors (Lipinski definition) is 11. The van der Waals surface area contributed by atoms with Crippen molar-refractivity contribution in [3.05, 3.63) is 112 Å². The van der Waals surface area contributed by atoms with E-state index in [0.717, 1.165) is 11.0 Å². The van der Waals surface area contributed by atoms with Gasteiger partial charge in [-0.2, -0.15) is 4.98 Å². The van der Waals surface area contributed by atoms with Crippen molar-refractivity contribution in [2.24, 2.45) is 17.1 Å². The fraction of sp³-hybridized carbons (Fsp3) is 0.286. The van der Waals surface area contributed by atoms with Gasteiger partial charge in [-0.05, 0) is 143 Å². The zero-order valence-corrected chi connectivity index (χ0v) is 39.7. The molecule has 6 N–H and O–H groups in total. The summed E-state index contributed by atoms with van der Waals surface area (Å²) in [5, 5.41) is 8.22. The molecule has 0 radical (unpaired) electrons. The van der Waals surface area contributed by atoms with Crippen LogP contribution in [0.25, 0.3) is 0 Å². The molecule has 3 heterocycles. The zero-order valence-electron chi connectivity index (χ0n) is 33.0. The van der Waals surface area contributed by atoms with E-state index in [9.17, 15) is 36.8 Å². The summed E-state index contributed by atoms with van der Waals surface area (Å²) in [7, 11) is -4.01. The zero-order chi connectivity index (χ0) is 44.5. The molecule has 0 spiro atoms. The first-order valence-corrected chi connectivity index (χ1v) is 29.2. The number of primary amides is 1. The normalized spacial score (nSPS) is 21.6. The van der Waals surface area contributed by atoms with E-state index < -0.39 is 79.6 Å². The average molecular weight is 1150 g/mol. The van der Waals surface area contributed by atoms with Crippen LogP contribution in [-0.4, -0.2) is 68.9 Å². The first kappa shape index (κ1) is 45.5. The van der Waals surface area contributed by atoms with Crippen LogP contribution < -0.4 is 26.4 Å². The highest BCUT2D eigenvalue weighted by Gasteiger charge is 2.47. The molecular formula is C42H40BrFI2N8O7S. The summed E-state index contributed by atoms with van der Waals surface area (Å²) < 4.78 is 48.2. The Balaban J connectivity index is 1.07. The predicted molar refractivity (Wildman–Crippen MR) is 252 cm³/mol. The number of benzene rings is 3. The van der Waals surface area contributed by atoms with Gasteiger partial charge in [-0.25, -0.2) is 22.5 Å². The van der Waals surface area contributed by atoms with E-state index in [1.54, 1.807) is 31.2 Å². The Bertz CT molecular complexity index is 2690. The SMILES string of the molecule is C=CCC1(Cc2cccc3c2C(=O)N(C2CCC(=O)NC2=O)C3=O)CCC(NS(=O)(=O)c2ccc(Nc3ncc(Br)c(Nc4cccc(F)c4C(N)=O)n3)cc2C)C(C=II)C1. The molecule has 1 saturated carbocycles. The van der Waals surface area contributed by atoms with Crippen LogP contribution >= 0.6 is 51.3 Å². The van der Waals surface area contributed by atoms with Gasteiger partial charge in [0.1, 0.15) is 17.7 Å². The molecule has 4 aromatic rings. The molecule has 7 rings (SSSR count). The first-order valence-electron chi connectivity index (χ1n) is 19.3. The molecule has 1 saturated heterocycles. The van der Waals surface area contributed by atoms with E-state index in [1.165, 1.54) is 24.4 Å². The number of amides is 5. The molecule has 1 aromatic heterocycles. The quantitative estimate of drug-likeness (QED) is 0.0489. The van der Waals surface area contributed by atoms with Crippen LogP contribution in [0.1, 0.15) is 80.7 Å². The topological polar surface area (TPSA) is 223 Å². The molecule has 15 nitrogen and oxygen atoms in total. The van der Waals surface area contributed by atoms with Crippen molar-refractivity contribution >= 4 is 118 Å². The predicted octanol–water partition coefficient (Wildman–Crippen LogP) is 7.05. The molecule has 5 amide bonds. The van der Waals surface area contributed by atoms with Crippen LogP contribution in [0.5, 0.6) is 0 Å². The summed E-state index contributed by atoms with van der Waals surface area (Å²) in [5.74, 6) is -3.77. The fourth-order valence-electron chi connectivity index (χ4n) is 8.56. The van der Waals surface area contributed by atoms with E-state index in [1.807, 2.05) is 12.1 Å². The van der Waals surface area contributed by atoms with Crippen LogP contribution in [0.3, 0.4) is 0 Å². The number of halogens is 4. The van der Waals surface area contributed by atoms with Gasteiger partial charge in [0, 0.05) is 24.3 Å². The van der Waals surface area contributed by atoms with Crippen LogP contribution in [-0.2, 0) is 26.0 Å². The molecule has 2 aliphatic heterocycles. The number of sulfonamides is 1. The summed E-state index contributed by atoms with van der Waals surface area (Å²) in [4.78, 5) is 73.8. The van der Waals surface area contributed by atoms with Crippen molar-refractivity contribution in [1.82, 2.24) is 24.9 Å². The number of allylic oxidation sites excluding steroid dienone is 1. The number of nitrogens with zero attached hydrogens (tertiary/aromatic N) is 3. The molecule has 324 valence electrons. The van der Waals surface area contributed by atoms with Gasteiger partial charge in [-0.15, -0.1) is 6.58 Å². The number of aromatic nitrogens is 2. The third kappa shape index (κ3) is 9.38. The number of fused-ring (bicyclic) bond motifs is 1. The smallest absolute Gasteiger partial charge is 0.262 e. The highest BCUT2D eigenvalue weighted by molar-refractivity contribution is 15.0. The Morgan fingerprint density at radius 1 is 1.13 bits per heavy atom. The number of imide groups is 2. The maximum atomic E-state index is 14.4. The number of nitrogens with one attached hydrogen (secondary N) is 4. The van der Waals surface area contributed by atoms with Crippen molar-refractivity contribution in [3.63, 3.8) is 0 Å². The van der Waals surface area contributed by atoms with Gasteiger partial charge < -0.3 is 16.4 Å². The van der Waals surface area contributed by atoms with Crippen molar-refractivity contribution < 1.29 is 36.8 Å². The van der Waals surface area contributed by atoms with Crippen molar-refractivity contribution in [2.75, 3.05) is 10.6 Å². The molecular weight excluding hydrogens is 1110 g/mol. The maximum absolute atomic E-state index is 14.4. The van der Waals surface area contributed by atoms with Gasteiger partial charge in [-0.1, -0.05) is 41.0 Å². The van der Waals surface area contributed by atoms with E-state index >= 15 is 0 Å². The van der Waals surface area contributed by atoms with Gasteiger partial charge in [-0.3, -0.25) is 34.2 Å². The number of carbonyl (C=O) groups is 5. The molecule has 20 heteroatoms. The Labute approximate surface area is 384 Å². The summed E-state index contributed by atoms with van der Waals surface area (Å²) in [5.41, 5.74) is 6.90. The second-order valence-electron chi connectivity index (χ2n) is 15.4. The van der Waals surface area contributed by atoms with E-state index in [2.05, 4.69) is 75.8 Å². The minimum Gasteiger partial charge on any atom is -0.365 e. The number of nitrogens with two attached hydrogens (primary N) is 1. The number of anilines is 4. The fourth-order valence-corrected chi connectivity index (χ4v) is 13.8. The summed E-state index contributed by atoms with van der Waals surface area (Å²) >= 11 is 5.31. The van der Waals surface area contributed by atoms with E-state index in [0.29, 0.717) is 53.4 Å². The van der Waals surface area contributed by atoms with Gasteiger partial charge in [0.2, 0.25) is 27.8 Å². The average Bonchev–Trinajstić information content (AvgIpc) is 3.46. The molecule has 2 fully saturated rings. The Hall–Kier alpha value is -4.52. The largest absolute Gasteiger partial charge is 0.365 e. The molecule has 4 atom stereocenters. The second kappa shape index (κ2) is 18.7. The second-order valence-corrected chi connectivity index (χ2v) is 22.3. The molecule has 4 unspecified atom stereocenters. The van der Waals surface area contributed by atoms with Gasteiger partial charge in [0.15, 0.2) is 0 Å². The van der Waals surface area contributed by atoms with Crippen molar-refractivity contribution in [1.29, 1.82) is 0 Å². The van der Waals surface area contributed by atoms with Crippen LogP contribution in [0, 0.1) is 24.1 Å². The summed E-state index contributed by atoms with van der Waals surface area (Å²) in [6.07, 6.45) is 6.11. The lowest BCUT2D eigenvalue weighted by atomic mass is 9.63. The lowest BCUT2D eigenvalue weighted by Crippen LogP contribution is -2.54. The highest BCUT2D eigenvalue weighted by atomic mass is 128. The minimum absolute atomic E-state index is 0.0228. The molecule has 62 heavy (non-hydrogen) atoms. The minimum atomic E-state index is -4.01. The van der Waals surface area contributed by atoms with Crippen molar-refractivity contribution in [2.45, 2.75) is 68.8 Å². The third-order valence-corrected chi connectivity index (χ3v) is 16.6. The summed E-state index contributed by atoms with van der Waals surface area (Å²) in [6, 6.07) is 12.5. The number of hydrogen-bond donors (Lipinski definition) is 5. The first-order chi connectivity index (χ1) is 29.5. The Morgan fingerprint density at radius 2 is 1.90 bits per heavy atom. The molecule has 3 aliphatic rings. The maximum Gasteiger partial charge on any atom is 0.262 e. The van der Waals surface area contributed by atoms with Crippen LogP contribution in [0.4, 0.5) is 27.5 Å². The van der Waals surface area contributed by atoms with Crippen molar-refractivity contribution in [3.8, 4) is 0 Å². The molecule has 1 aliphatic carbocycles. The third-order valence-electron chi connectivity index (χ3n) is 11.4. The van der Waals surface area contributed by atoms with E-state index in [4.69, 9.17) is 5.73 Å². The molecule has 3 aromatic carbocycles. The Kier molecular flexibility index (Phi) is 13.7. The monoisotopic (exact) mass is 1150 g/mol. The number of carbonyl (C=O) groups excluding carboxylic acids is 5. The van der Waals surface area contributed by atoms with Crippen LogP contribution in [0.15, 0.2) is 82.8 Å². The van der Waals surface area contributed by atoms with Crippen LogP contribution in [0.2, 0.25) is 0 Å². The highest BCUT2D eigenvalue weighted by Crippen LogP contribution is 2.47. The van der Waals surface area contributed by atoms with Gasteiger partial charge in [0.05, 0.1) is 31.7 Å². The van der Waals surface area contributed by atoms with E-state index in [-0.39, 0.29) is 57.8 Å². The number of rotatable bonds is 14. The summed E-state index contributed by atoms with van der Waals surface area (Å²) in [6.45, 7) is 5.72. The standard InChI is InChI=1S/C42H40BrFI2N8O7S/c1-3-15-42(18-23-6-4-7-26-34(23)40(59)54(39(26)58)31-11-13-33(55)51-38(31)57)16-14-29(24(19-42)20-46-45)53-62(60,61)32-12-10-25(17-22(32)2)49-41-48-21-27(43)37(52-41)50-30-9-5-8-28(44)35(30)36(47)56/h3-10,12,17,20-21,24,29,31,53H,1,11,13-16,18-19H2,2H3,(H2,47,56)(H,51,55,57)(H2,48,49,50,52). The van der Waals surface area contributed by atoms with Gasteiger partial charge in [0.25, 0.3) is 17.7 Å². The lowest BCUT2D eigenvalue weighted by Gasteiger charge is -2.44. The number of aryl methyl sites for hydroxylation is 1. The van der Waals surface area contributed by atoms with Gasteiger partial charge >= 0.3 is 0 Å². The number of piperidine rings is 1. The lowest BCUT2D eigenvalue weighted by molar-refractivity contribution is -0.136. The Morgan fingerprint density at radius 3 is 2.61 bits per heavy atom. The molecule has 0 bridgehead atoms.